The molecule has 0 spiro atoms. The third-order valence-electron chi connectivity index (χ3n) is 2.85. The van der Waals surface area contributed by atoms with Gasteiger partial charge in [-0.1, -0.05) is 0 Å². The number of nitrogens with zero attached hydrogens (tertiary/aromatic N) is 1. The summed E-state index contributed by atoms with van der Waals surface area (Å²) in [4.78, 5) is 36.6. The average Bonchev–Trinajstić information content (AvgIpc) is 2.71. The van der Waals surface area contributed by atoms with E-state index in [0.29, 0.717) is 4.90 Å². The third kappa shape index (κ3) is 1.87. The quantitative estimate of drug-likeness (QED) is 0.779. The number of imide groups is 3. The molecule has 2 rings (SSSR count). The molecule has 0 fully saturated rings. The molecule has 0 aromatic heterocycles. The fraction of sp³-hybridized carbons (Fsp3) is 0.308. The first-order chi connectivity index (χ1) is 9.56. The molecule has 0 aliphatic carbocycles. The maximum Gasteiger partial charge on any atom is 0.424 e. The van der Waals surface area contributed by atoms with Gasteiger partial charge in [0.2, 0.25) is 0 Å². The molecule has 0 saturated carbocycles. The molecule has 1 aliphatic heterocycles. The first-order valence-electron chi connectivity index (χ1n) is 5.87. The van der Waals surface area contributed by atoms with E-state index in [-0.39, 0.29) is 29.2 Å². The van der Waals surface area contributed by atoms with Gasteiger partial charge in [-0.05, 0) is 19.1 Å². The van der Waals surface area contributed by atoms with Crippen molar-refractivity contribution in [2.45, 2.75) is 6.92 Å². The zero-order chi connectivity index (χ0) is 14.9. The standard InChI is InChI=1S/C13H13NO6/c1-4-20-13(17)14-11(15)9-7(18-2)5-6-8(19-3)10(9)12(14)16/h5-6H,4H2,1-3H3. The highest BCUT2D eigenvalue weighted by Crippen LogP contribution is 2.37. The van der Waals surface area contributed by atoms with Gasteiger partial charge in [0.25, 0.3) is 11.8 Å². The van der Waals surface area contributed by atoms with Crippen LogP contribution >= 0.6 is 0 Å². The summed E-state index contributed by atoms with van der Waals surface area (Å²) in [6.07, 6.45) is -1.01. The Bertz CT molecular complexity index is 552. The molecular weight excluding hydrogens is 266 g/mol. The summed E-state index contributed by atoms with van der Waals surface area (Å²) in [5, 5.41) is 0. The summed E-state index contributed by atoms with van der Waals surface area (Å²) in [5.41, 5.74) is 0.00908. The summed E-state index contributed by atoms with van der Waals surface area (Å²) < 4.78 is 14.8. The fourth-order valence-electron chi connectivity index (χ4n) is 2.00. The van der Waals surface area contributed by atoms with Crippen LogP contribution in [0.3, 0.4) is 0 Å². The molecule has 1 aliphatic rings. The Balaban J connectivity index is 2.58. The van der Waals surface area contributed by atoms with Crippen LogP contribution in [-0.2, 0) is 4.74 Å². The number of methoxy groups -OCH3 is 2. The Labute approximate surface area is 115 Å². The van der Waals surface area contributed by atoms with Crippen molar-refractivity contribution in [3.05, 3.63) is 23.3 Å². The van der Waals surface area contributed by atoms with Crippen LogP contribution < -0.4 is 9.47 Å². The predicted octanol–water partition coefficient (Wildman–Crippen LogP) is 1.46. The molecule has 0 atom stereocenters. The zero-order valence-corrected chi connectivity index (χ0v) is 11.3. The highest BCUT2D eigenvalue weighted by Gasteiger charge is 2.45. The van der Waals surface area contributed by atoms with E-state index in [1.807, 2.05) is 0 Å². The summed E-state index contributed by atoms with van der Waals surface area (Å²) in [7, 11) is 2.74. The molecule has 1 heterocycles. The first kappa shape index (κ1) is 13.9. The number of rotatable bonds is 3. The van der Waals surface area contributed by atoms with E-state index in [9.17, 15) is 14.4 Å². The second kappa shape index (κ2) is 5.20. The van der Waals surface area contributed by atoms with Crippen molar-refractivity contribution < 1.29 is 28.6 Å². The number of fused-ring (bicyclic) bond motifs is 1. The van der Waals surface area contributed by atoms with Gasteiger partial charge in [0.1, 0.15) is 11.5 Å². The summed E-state index contributed by atoms with van der Waals surface area (Å²) in [6.45, 7) is 1.64. The van der Waals surface area contributed by atoms with Crippen molar-refractivity contribution in [2.75, 3.05) is 20.8 Å². The van der Waals surface area contributed by atoms with E-state index >= 15 is 0 Å². The van der Waals surface area contributed by atoms with E-state index in [2.05, 4.69) is 0 Å². The van der Waals surface area contributed by atoms with E-state index in [4.69, 9.17) is 14.2 Å². The molecule has 0 radical (unpaired) electrons. The van der Waals surface area contributed by atoms with Gasteiger partial charge in [0.05, 0.1) is 32.0 Å². The minimum atomic E-state index is -1.01. The molecule has 7 nitrogen and oxygen atoms in total. The molecule has 20 heavy (non-hydrogen) atoms. The minimum absolute atomic E-state index is 0.00454. The predicted molar refractivity (Wildman–Crippen MR) is 67.1 cm³/mol. The van der Waals surface area contributed by atoms with Crippen molar-refractivity contribution in [1.29, 1.82) is 0 Å². The molecule has 7 heteroatoms. The van der Waals surface area contributed by atoms with Gasteiger partial charge >= 0.3 is 6.09 Å². The second-order valence-electron chi connectivity index (χ2n) is 3.86. The van der Waals surface area contributed by atoms with Gasteiger partial charge in [-0.3, -0.25) is 9.59 Å². The van der Waals surface area contributed by atoms with Crippen LogP contribution in [0.1, 0.15) is 27.6 Å². The molecule has 1 aromatic carbocycles. The molecule has 0 bridgehead atoms. The molecule has 0 N–H and O–H groups in total. The van der Waals surface area contributed by atoms with Crippen molar-refractivity contribution >= 4 is 17.9 Å². The maximum absolute atomic E-state index is 12.2. The van der Waals surface area contributed by atoms with Crippen molar-refractivity contribution in [2.24, 2.45) is 0 Å². The molecular formula is C13H13NO6. The van der Waals surface area contributed by atoms with Crippen molar-refractivity contribution in [1.82, 2.24) is 4.90 Å². The zero-order valence-electron chi connectivity index (χ0n) is 11.3. The lowest BCUT2D eigenvalue weighted by atomic mass is 10.1. The lowest BCUT2D eigenvalue weighted by molar-refractivity contribution is 0.0595. The van der Waals surface area contributed by atoms with Gasteiger partial charge in [0.15, 0.2) is 0 Å². The topological polar surface area (TPSA) is 82.1 Å². The number of ether oxygens (including phenoxy) is 3. The van der Waals surface area contributed by atoms with Gasteiger partial charge < -0.3 is 14.2 Å². The van der Waals surface area contributed by atoms with Crippen LogP contribution in [0, 0.1) is 0 Å². The smallest absolute Gasteiger partial charge is 0.424 e. The largest absolute Gasteiger partial charge is 0.496 e. The maximum atomic E-state index is 12.2. The molecule has 106 valence electrons. The van der Waals surface area contributed by atoms with Crippen LogP contribution in [0.25, 0.3) is 0 Å². The summed E-state index contributed by atoms with van der Waals surface area (Å²) >= 11 is 0. The Hall–Kier alpha value is -2.57. The Kier molecular flexibility index (Phi) is 3.60. The van der Waals surface area contributed by atoms with E-state index in [1.165, 1.54) is 26.4 Å². The van der Waals surface area contributed by atoms with Crippen LogP contribution in [0.5, 0.6) is 11.5 Å². The number of carbonyl (C=O) groups is 3. The Morgan fingerprint density at radius 2 is 1.50 bits per heavy atom. The van der Waals surface area contributed by atoms with Crippen LogP contribution in [0.4, 0.5) is 4.79 Å². The second-order valence-corrected chi connectivity index (χ2v) is 3.86. The molecule has 1 aromatic rings. The third-order valence-corrected chi connectivity index (χ3v) is 2.85. The molecule has 0 unspecified atom stereocenters. The number of benzene rings is 1. The van der Waals surface area contributed by atoms with Crippen LogP contribution in [0.2, 0.25) is 0 Å². The molecule has 0 saturated heterocycles. The SMILES string of the molecule is CCOC(=O)N1C(=O)c2c(OC)ccc(OC)c2C1=O. The highest BCUT2D eigenvalue weighted by molar-refractivity contribution is 6.30. The van der Waals surface area contributed by atoms with Gasteiger partial charge in [-0.15, -0.1) is 0 Å². The van der Waals surface area contributed by atoms with E-state index in [0.717, 1.165) is 0 Å². The lowest BCUT2D eigenvalue weighted by Crippen LogP contribution is -2.36. The number of carbonyl (C=O) groups excluding carboxylic acids is 3. The Morgan fingerprint density at radius 3 is 1.85 bits per heavy atom. The monoisotopic (exact) mass is 279 g/mol. The van der Waals surface area contributed by atoms with Gasteiger partial charge in [-0.25, -0.2) is 4.79 Å². The first-order valence-corrected chi connectivity index (χ1v) is 5.87. The van der Waals surface area contributed by atoms with Crippen LogP contribution in [0.15, 0.2) is 12.1 Å². The van der Waals surface area contributed by atoms with Crippen LogP contribution in [-0.4, -0.2) is 43.6 Å². The highest BCUT2D eigenvalue weighted by atomic mass is 16.6. The normalized spacial score (nSPS) is 13.2. The summed E-state index contributed by atoms with van der Waals surface area (Å²) in [5.74, 6) is -1.16. The summed E-state index contributed by atoms with van der Waals surface area (Å²) in [6, 6.07) is 3.00. The van der Waals surface area contributed by atoms with E-state index in [1.54, 1.807) is 6.92 Å². The number of amides is 3. The Morgan fingerprint density at radius 1 is 1.05 bits per heavy atom. The number of hydrogen-bond donors (Lipinski definition) is 0. The van der Waals surface area contributed by atoms with Gasteiger partial charge in [-0.2, -0.15) is 4.90 Å². The molecule has 3 amide bonds. The van der Waals surface area contributed by atoms with Gasteiger partial charge in [0, 0.05) is 0 Å². The van der Waals surface area contributed by atoms with Crippen molar-refractivity contribution in [3.63, 3.8) is 0 Å². The van der Waals surface area contributed by atoms with Crippen molar-refractivity contribution in [3.8, 4) is 11.5 Å². The fourth-order valence-corrected chi connectivity index (χ4v) is 2.00. The lowest BCUT2D eigenvalue weighted by Gasteiger charge is -2.10. The average molecular weight is 279 g/mol. The minimum Gasteiger partial charge on any atom is -0.496 e. The number of hydrogen-bond acceptors (Lipinski definition) is 6. The van der Waals surface area contributed by atoms with E-state index < -0.39 is 17.9 Å².